The van der Waals surface area contributed by atoms with Crippen LogP contribution >= 0.6 is 0 Å². The molecule has 0 aliphatic rings. The SMILES string of the molecule is CCc1ccc(C(COC(=O)OCC(c2ccccc2)c2ccc(CC)cc2)c2ccccc2)cc1. The van der Waals surface area contributed by atoms with E-state index in [0.29, 0.717) is 0 Å². The van der Waals surface area contributed by atoms with Gasteiger partial charge in [-0.3, -0.25) is 0 Å². The summed E-state index contributed by atoms with van der Waals surface area (Å²) in [7, 11) is 0. The monoisotopic (exact) mass is 478 g/mol. The summed E-state index contributed by atoms with van der Waals surface area (Å²) in [6.07, 6.45) is 1.33. The first-order chi connectivity index (χ1) is 17.7. The van der Waals surface area contributed by atoms with Gasteiger partial charge in [0, 0.05) is 11.8 Å². The van der Waals surface area contributed by atoms with Crippen LogP contribution in [0.3, 0.4) is 0 Å². The van der Waals surface area contributed by atoms with Gasteiger partial charge in [0.05, 0.1) is 0 Å². The predicted molar refractivity (Wildman–Crippen MR) is 146 cm³/mol. The van der Waals surface area contributed by atoms with Crippen molar-refractivity contribution in [3.05, 3.63) is 143 Å². The molecule has 0 aromatic heterocycles. The third-order valence-corrected chi connectivity index (χ3v) is 6.72. The maximum atomic E-state index is 12.7. The minimum absolute atomic E-state index is 0.0591. The molecule has 0 fully saturated rings. The van der Waals surface area contributed by atoms with Gasteiger partial charge in [0.2, 0.25) is 0 Å². The fourth-order valence-corrected chi connectivity index (χ4v) is 4.46. The van der Waals surface area contributed by atoms with Gasteiger partial charge in [-0.15, -0.1) is 0 Å². The van der Waals surface area contributed by atoms with E-state index in [0.717, 1.165) is 35.1 Å². The summed E-state index contributed by atoms with van der Waals surface area (Å²) in [4.78, 5) is 12.7. The maximum Gasteiger partial charge on any atom is 0.508 e. The van der Waals surface area contributed by atoms with Crippen molar-refractivity contribution in [2.24, 2.45) is 0 Å². The smallest absolute Gasteiger partial charge is 0.433 e. The Balaban J connectivity index is 1.45. The van der Waals surface area contributed by atoms with E-state index in [-0.39, 0.29) is 25.0 Å². The van der Waals surface area contributed by atoms with E-state index >= 15 is 0 Å². The summed E-state index contributed by atoms with van der Waals surface area (Å²) < 4.78 is 11.3. The summed E-state index contributed by atoms with van der Waals surface area (Å²) in [6.45, 7) is 4.72. The molecule has 3 nitrogen and oxygen atoms in total. The highest BCUT2D eigenvalue weighted by Crippen LogP contribution is 2.27. The number of hydrogen-bond acceptors (Lipinski definition) is 3. The number of hydrogen-bond donors (Lipinski definition) is 0. The normalized spacial score (nSPS) is 12.5. The lowest BCUT2D eigenvalue weighted by atomic mass is 9.91. The summed E-state index contributed by atoms with van der Waals surface area (Å²) in [5, 5.41) is 0. The lowest BCUT2D eigenvalue weighted by molar-refractivity contribution is 0.0511. The van der Waals surface area contributed by atoms with E-state index in [1.54, 1.807) is 0 Å². The quantitative estimate of drug-likeness (QED) is 0.217. The van der Waals surface area contributed by atoms with Crippen LogP contribution in [0.4, 0.5) is 4.79 Å². The Kier molecular flexibility index (Phi) is 8.93. The largest absolute Gasteiger partial charge is 0.508 e. The van der Waals surface area contributed by atoms with Gasteiger partial charge >= 0.3 is 6.16 Å². The molecule has 36 heavy (non-hydrogen) atoms. The van der Waals surface area contributed by atoms with Crippen molar-refractivity contribution in [3.63, 3.8) is 0 Å². The van der Waals surface area contributed by atoms with Gasteiger partial charge in [0.25, 0.3) is 0 Å². The van der Waals surface area contributed by atoms with Crippen LogP contribution in [0.1, 0.15) is 59.1 Å². The molecule has 184 valence electrons. The van der Waals surface area contributed by atoms with Crippen molar-refractivity contribution < 1.29 is 14.3 Å². The molecule has 0 bridgehead atoms. The molecule has 0 N–H and O–H groups in total. The first-order valence-corrected chi connectivity index (χ1v) is 12.7. The highest BCUT2D eigenvalue weighted by atomic mass is 16.7. The van der Waals surface area contributed by atoms with E-state index in [9.17, 15) is 4.79 Å². The second-order valence-corrected chi connectivity index (χ2v) is 8.99. The minimum atomic E-state index is -0.646. The third kappa shape index (κ3) is 6.63. The number of carbonyl (C=O) groups excluding carboxylic acids is 1. The molecule has 3 heteroatoms. The lowest BCUT2D eigenvalue weighted by Crippen LogP contribution is -2.18. The van der Waals surface area contributed by atoms with Crippen LogP contribution < -0.4 is 0 Å². The second kappa shape index (κ2) is 12.7. The van der Waals surface area contributed by atoms with Crippen molar-refractivity contribution in [2.45, 2.75) is 38.5 Å². The van der Waals surface area contributed by atoms with Gasteiger partial charge in [-0.2, -0.15) is 0 Å². The van der Waals surface area contributed by atoms with Crippen molar-refractivity contribution in [1.82, 2.24) is 0 Å². The zero-order valence-corrected chi connectivity index (χ0v) is 21.1. The first kappa shape index (κ1) is 25.2. The van der Waals surface area contributed by atoms with E-state index in [1.807, 2.05) is 36.4 Å². The summed E-state index contributed by atoms with van der Waals surface area (Å²) in [5.41, 5.74) is 7.00. The van der Waals surface area contributed by atoms with Crippen LogP contribution in [0.15, 0.2) is 109 Å². The van der Waals surface area contributed by atoms with Crippen molar-refractivity contribution in [3.8, 4) is 0 Å². The first-order valence-electron chi connectivity index (χ1n) is 12.7. The maximum absolute atomic E-state index is 12.7. The number of ether oxygens (including phenoxy) is 2. The topological polar surface area (TPSA) is 35.5 Å². The van der Waals surface area contributed by atoms with Gasteiger partial charge < -0.3 is 9.47 Å². The van der Waals surface area contributed by atoms with Crippen LogP contribution in [0.2, 0.25) is 0 Å². The van der Waals surface area contributed by atoms with Crippen molar-refractivity contribution >= 4 is 6.16 Å². The molecule has 0 aliphatic heterocycles. The Morgan fingerprint density at radius 3 is 1.19 bits per heavy atom. The number of aryl methyl sites for hydroxylation is 2. The van der Waals surface area contributed by atoms with Crippen molar-refractivity contribution in [2.75, 3.05) is 13.2 Å². The highest BCUT2D eigenvalue weighted by Gasteiger charge is 2.20. The Morgan fingerprint density at radius 1 is 0.528 bits per heavy atom. The van der Waals surface area contributed by atoms with E-state index in [1.165, 1.54) is 11.1 Å². The Hall–Kier alpha value is -3.85. The number of carbonyl (C=O) groups is 1. The zero-order valence-electron chi connectivity index (χ0n) is 21.1. The van der Waals surface area contributed by atoms with Crippen molar-refractivity contribution in [1.29, 1.82) is 0 Å². The molecular formula is C33H34O3. The van der Waals surface area contributed by atoms with Crippen LogP contribution in [0, 0.1) is 0 Å². The van der Waals surface area contributed by atoms with Crippen LogP contribution in [0.5, 0.6) is 0 Å². The molecule has 0 heterocycles. The van der Waals surface area contributed by atoms with Crippen LogP contribution in [-0.2, 0) is 22.3 Å². The molecule has 4 aromatic carbocycles. The highest BCUT2D eigenvalue weighted by molar-refractivity contribution is 5.60. The summed E-state index contributed by atoms with van der Waals surface area (Å²) >= 11 is 0. The van der Waals surface area contributed by atoms with E-state index in [2.05, 4.69) is 86.6 Å². The lowest BCUT2D eigenvalue weighted by Gasteiger charge is -2.20. The Labute approximate surface area is 214 Å². The molecule has 4 aromatic rings. The fourth-order valence-electron chi connectivity index (χ4n) is 4.46. The summed E-state index contributed by atoms with van der Waals surface area (Å²) in [6, 6.07) is 37.3. The molecule has 0 amide bonds. The van der Waals surface area contributed by atoms with E-state index < -0.39 is 6.16 Å². The standard InChI is InChI=1S/C33H34O3/c1-3-25-15-19-29(20-16-25)31(27-11-7-5-8-12-27)23-35-33(34)36-24-32(28-13-9-6-10-14-28)30-21-17-26(4-2)18-22-30/h5-22,31-32H,3-4,23-24H2,1-2H3. The molecule has 0 radical (unpaired) electrons. The molecule has 0 aliphatic carbocycles. The van der Waals surface area contributed by atoms with Crippen LogP contribution in [-0.4, -0.2) is 19.4 Å². The average molecular weight is 479 g/mol. The van der Waals surface area contributed by atoms with Gasteiger partial charge in [0.1, 0.15) is 13.2 Å². The number of benzene rings is 4. The molecule has 2 atom stereocenters. The Morgan fingerprint density at radius 2 is 0.861 bits per heavy atom. The van der Waals surface area contributed by atoms with Gasteiger partial charge in [-0.1, -0.05) is 123 Å². The van der Waals surface area contributed by atoms with Gasteiger partial charge in [-0.25, -0.2) is 4.79 Å². The average Bonchev–Trinajstić information content (AvgIpc) is 2.95. The van der Waals surface area contributed by atoms with Crippen LogP contribution in [0.25, 0.3) is 0 Å². The van der Waals surface area contributed by atoms with E-state index in [4.69, 9.17) is 9.47 Å². The fraction of sp³-hybridized carbons (Fsp3) is 0.242. The summed E-state index contributed by atoms with van der Waals surface area (Å²) in [5.74, 6) is -0.118. The molecule has 2 unspecified atom stereocenters. The minimum Gasteiger partial charge on any atom is -0.433 e. The van der Waals surface area contributed by atoms with Gasteiger partial charge in [-0.05, 0) is 46.2 Å². The molecule has 0 spiro atoms. The molecule has 0 saturated carbocycles. The second-order valence-electron chi connectivity index (χ2n) is 8.99. The molecule has 0 saturated heterocycles. The Bertz CT molecular complexity index is 1100. The third-order valence-electron chi connectivity index (χ3n) is 6.72. The van der Waals surface area contributed by atoms with Gasteiger partial charge in [0.15, 0.2) is 0 Å². The predicted octanol–water partition coefficient (Wildman–Crippen LogP) is 7.93. The molecular weight excluding hydrogens is 444 g/mol. The zero-order chi connectivity index (χ0) is 25.2. The number of rotatable bonds is 10. The molecule has 4 rings (SSSR count).